The first-order valence-corrected chi connectivity index (χ1v) is 8.06. The third-order valence-electron chi connectivity index (χ3n) is 3.71. The molecular weight excluding hydrogens is 319 g/mol. The fraction of sp³-hybridized carbons (Fsp3) is 0.538. The Morgan fingerprint density at radius 1 is 1.40 bits per heavy atom. The number of halogens is 2. The molecule has 1 aliphatic heterocycles. The molecular formula is C13H20Cl2N2O2S. The maximum atomic E-state index is 12.6. The zero-order valence-corrected chi connectivity index (χ0v) is 13.9. The molecule has 20 heavy (non-hydrogen) atoms. The third kappa shape index (κ3) is 3.46. The van der Waals surface area contributed by atoms with Crippen LogP contribution in [0.1, 0.15) is 20.3 Å². The molecule has 114 valence electrons. The van der Waals surface area contributed by atoms with Crippen LogP contribution in [0.2, 0.25) is 5.02 Å². The third-order valence-corrected chi connectivity index (χ3v) is 5.79. The van der Waals surface area contributed by atoms with Crippen molar-refractivity contribution in [3.8, 4) is 0 Å². The second-order valence-corrected chi connectivity index (χ2v) is 8.05. The molecule has 1 aliphatic rings. The van der Waals surface area contributed by atoms with Crippen molar-refractivity contribution in [2.24, 2.45) is 11.1 Å². The molecule has 0 saturated carbocycles. The van der Waals surface area contributed by atoms with Gasteiger partial charge in [-0.3, -0.25) is 0 Å². The van der Waals surface area contributed by atoms with E-state index in [0.29, 0.717) is 24.5 Å². The van der Waals surface area contributed by atoms with E-state index >= 15 is 0 Å². The van der Waals surface area contributed by atoms with Gasteiger partial charge in [0.1, 0.15) is 0 Å². The van der Waals surface area contributed by atoms with Gasteiger partial charge >= 0.3 is 0 Å². The molecule has 0 amide bonds. The zero-order valence-electron chi connectivity index (χ0n) is 11.5. The van der Waals surface area contributed by atoms with Crippen molar-refractivity contribution in [1.29, 1.82) is 0 Å². The summed E-state index contributed by atoms with van der Waals surface area (Å²) in [6.45, 7) is 4.89. The molecule has 1 aromatic carbocycles. The summed E-state index contributed by atoms with van der Waals surface area (Å²) in [5.74, 6) is 0. The number of piperidine rings is 1. The van der Waals surface area contributed by atoms with E-state index in [2.05, 4.69) is 0 Å². The number of rotatable bonds is 2. The van der Waals surface area contributed by atoms with Crippen molar-refractivity contribution in [2.45, 2.75) is 31.2 Å². The van der Waals surface area contributed by atoms with Gasteiger partial charge in [0.2, 0.25) is 10.0 Å². The van der Waals surface area contributed by atoms with Crippen molar-refractivity contribution in [2.75, 3.05) is 13.1 Å². The van der Waals surface area contributed by atoms with E-state index in [4.69, 9.17) is 17.3 Å². The lowest BCUT2D eigenvalue weighted by Crippen LogP contribution is -2.53. The minimum absolute atomic E-state index is 0. The van der Waals surface area contributed by atoms with E-state index in [1.807, 2.05) is 13.8 Å². The van der Waals surface area contributed by atoms with Crippen molar-refractivity contribution in [1.82, 2.24) is 4.31 Å². The summed E-state index contributed by atoms with van der Waals surface area (Å²) in [6, 6.07) is 6.40. The van der Waals surface area contributed by atoms with Crippen molar-refractivity contribution in [3.05, 3.63) is 29.3 Å². The van der Waals surface area contributed by atoms with Gasteiger partial charge in [-0.15, -0.1) is 12.4 Å². The van der Waals surface area contributed by atoms with Crippen LogP contribution in [0.4, 0.5) is 0 Å². The van der Waals surface area contributed by atoms with Crippen molar-refractivity contribution >= 4 is 34.0 Å². The van der Waals surface area contributed by atoms with E-state index in [1.165, 1.54) is 10.4 Å². The Morgan fingerprint density at radius 2 is 2.05 bits per heavy atom. The van der Waals surface area contributed by atoms with E-state index in [0.717, 1.165) is 0 Å². The van der Waals surface area contributed by atoms with Gasteiger partial charge in [-0.1, -0.05) is 31.5 Å². The fourth-order valence-corrected chi connectivity index (χ4v) is 4.23. The predicted molar refractivity (Wildman–Crippen MR) is 83.8 cm³/mol. The van der Waals surface area contributed by atoms with Gasteiger partial charge in [-0.25, -0.2) is 8.42 Å². The van der Waals surface area contributed by atoms with Crippen molar-refractivity contribution < 1.29 is 8.42 Å². The average molecular weight is 339 g/mol. The van der Waals surface area contributed by atoms with Crippen LogP contribution < -0.4 is 5.73 Å². The van der Waals surface area contributed by atoms with Crippen LogP contribution in [0.25, 0.3) is 0 Å². The van der Waals surface area contributed by atoms with Crippen LogP contribution in [-0.2, 0) is 10.0 Å². The largest absolute Gasteiger partial charge is 0.327 e. The molecule has 1 unspecified atom stereocenters. The molecule has 1 aromatic rings. The summed E-state index contributed by atoms with van der Waals surface area (Å²) < 4.78 is 26.6. The van der Waals surface area contributed by atoms with E-state index in [-0.39, 0.29) is 28.8 Å². The number of sulfonamides is 1. The molecule has 0 aliphatic carbocycles. The summed E-state index contributed by atoms with van der Waals surface area (Å²) in [5, 5.41) is 0.425. The topological polar surface area (TPSA) is 63.4 Å². The van der Waals surface area contributed by atoms with E-state index in [1.54, 1.807) is 18.2 Å². The highest BCUT2D eigenvalue weighted by Crippen LogP contribution is 2.31. The molecule has 1 saturated heterocycles. The van der Waals surface area contributed by atoms with Crippen LogP contribution >= 0.6 is 24.0 Å². The van der Waals surface area contributed by atoms with E-state index < -0.39 is 10.0 Å². The first-order chi connectivity index (χ1) is 8.73. The lowest BCUT2D eigenvalue weighted by Gasteiger charge is -2.41. The Morgan fingerprint density at radius 3 is 2.60 bits per heavy atom. The molecule has 4 nitrogen and oxygen atoms in total. The molecule has 2 N–H and O–H groups in total. The Labute approximate surface area is 131 Å². The van der Waals surface area contributed by atoms with E-state index in [9.17, 15) is 8.42 Å². The van der Waals surface area contributed by atoms with Crippen LogP contribution in [0.5, 0.6) is 0 Å². The SMILES string of the molecule is CC1(C)CN(S(=O)(=O)c2cccc(Cl)c2)CCC1N.Cl. The summed E-state index contributed by atoms with van der Waals surface area (Å²) in [6.07, 6.45) is 0.673. The second kappa shape index (κ2) is 6.20. The molecule has 0 radical (unpaired) electrons. The van der Waals surface area contributed by atoms with Gasteiger partial charge in [0.25, 0.3) is 0 Å². The van der Waals surface area contributed by atoms with Gasteiger partial charge in [0, 0.05) is 24.2 Å². The molecule has 0 spiro atoms. The minimum Gasteiger partial charge on any atom is -0.327 e. The van der Waals surface area contributed by atoms with Crippen LogP contribution in [0.3, 0.4) is 0 Å². The number of benzene rings is 1. The van der Waals surface area contributed by atoms with Gasteiger partial charge in [-0.05, 0) is 30.0 Å². The predicted octanol–water partition coefficient (Wildman–Crippen LogP) is 2.51. The van der Waals surface area contributed by atoms with Crippen LogP contribution in [-0.4, -0.2) is 31.9 Å². The molecule has 1 atom stereocenters. The minimum atomic E-state index is -3.49. The highest BCUT2D eigenvalue weighted by atomic mass is 35.5. The average Bonchev–Trinajstić information content (AvgIpc) is 2.32. The first-order valence-electron chi connectivity index (χ1n) is 6.25. The molecule has 2 rings (SSSR count). The smallest absolute Gasteiger partial charge is 0.243 e. The van der Waals surface area contributed by atoms with Gasteiger partial charge < -0.3 is 5.73 Å². The lowest BCUT2D eigenvalue weighted by molar-refractivity contribution is 0.155. The quantitative estimate of drug-likeness (QED) is 0.900. The van der Waals surface area contributed by atoms with Gasteiger partial charge in [-0.2, -0.15) is 4.31 Å². The summed E-state index contributed by atoms with van der Waals surface area (Å²) in [7, 11) is -3.49. The number of nitrogens with zero attached hydrogens (tertiary/aromatic N) is 1. The Balaban J connectivity index is 0.00000200. The molecule has 7 heteroatoms. The second-order valence-electron chi connectivity index (χ2n) is 5.68. The van der Waals surface area contributed by atoms with Crippen LogP contribution in [0, 0.1) is 5.41 Å². The van der Waals surface area contributed by atoms with Gasteiger partial charge in [0.15, 0.2) is 0 Å². The lowest BCUT2D eigenvalue weighted by atomic mass is 9.81. The maximum Gasteiger partial charge on any atom is 0.243 e. The Hall–Kier alpha value is -0.330. The fourth-order valence-electron chi connectivity index (χ4n) is 2.31. The summed E-state index contributed by atoms with van der Waals surface area (Å²) in [5.41, 5.74) is 5.82. The first kappa shape index (κ1) is 17.7. The highest BCUT2D eigenvalue weighted by molar-refractivity contribution is 7.89. The highest BCUT2D eigenvalue weighted by Gasteiger charge is 2.38. The molecule has 0 bridgehead atoms. The Kier molecular flexibility index (Phi) is 5.49. The summed E-state index contributed by atoms with van der Waals surface area (Å²) in [4.78, 5) is 0.242. The molecule has 1 heterocycles. The number of hydrogen-bond acceptors (Lipinski definition) is 3. The molecule has 1 fully saturated rings. The monoisotopic (exact) mass is 338 g/mol. The Bertz CT molecular complexity index is 575. The van der Waals surface area contributed by atoms with Gasteiger partial charge in [0.05, 0.1) is 4.90 Å². The number of nitrogens with two attached hydrogens (primary N) is 1. The summed E-state index contributed by atoms with van der Waals surface area (Å²) >= 11 is 5.87. The normalized spacial score (nSPS) is 23.1. The van der Waals surface area contributed by atoms with Crippen molar-refractivity contribution in [3.63, 3.8) is 0 Å². The standard InChI is InChI=1S/C13H19ClN2O2S.ClH/c1-13(2)9-16(7-6-12(13)15)19(17,18)11-5-3-4-10(14)8-11;/h3-5,8,12H,6-7,9,15H2,1-2H3;1H. The zero-order chi connectivity index (χ0) is 14.3. The number of hydrogen-bond donors (Lipinski definition) is 1. The maximum absolute atomic E-state index is 12.6. The molecule has 0 aromatic heterocycles. The van der Waals surface area contributed by atoms with Crippen LogP contribution in [0.15, 0.2) is 29.2 Å².